The zero-order chi connectivity index (χ0) is 20.4. The third-order valence-electron chi connectivity index (χ3n) is 4.80. The number of aryl methyl sites for hydroxylation is 1. The fourth-order valence-corrected chi connectivity index (χ4v) is 3.35. The van der Waals surface area contributed by atoms with E-state index in [0.29, 0.717) is 11.4 Å². The number of carbonyl (C=O) groups excluding carboxylic acids is 1. The number of rotatable bonds is 6. The minimum absolute atomic E-state index is 0.115. The number of nitrogens with zero attached hydrogens (tertiary/aromatic N) is 2. The second-order valence-electron chi connectivity index (χ2n) is 7.00. The van der Waals surface area contributed by atoms with Crippen LogP contribution in [0.2, 0.25) is 0 Å². The molecule has 0 radical (unpaired) electrons. The summed E-state index contributed by atoms with van der Waals surface area (Å²) < 4.78 is 47.5. The average Bonchev–Trinajstić information content (AvgIpc) is 3.25. The number of ether oxygens (including phenoxy) is 1. The van der Waals surface area contributed by atoms with E-state index in [-0.39, 0.29) is 6.10 Å². The lowest BCUT2D eigenvalue weighted by molar-refractivity contribution is -0.270. The minimum atomic E-state index is -5.07. The van der Waals surface area contributed by atoms with Crippen molar-refractivity contribution in [3.63, 3.8) is 0 Å². The molecule has 1 fully saturated rings. The van der Waals surface area contributed by atoms with Crippen LogP contribution in [-0.2, 0) is 17.4 Å². The lowest BCUT2D eigenvalue weighted by Gasteiger charge is -2.29. The van der Waals surface area contributed by atoms with Crippen molar-refractivity contribution in [1.82, 2.24) is 9.55 Å². The predicted octanol–water partition coefficient (Wildman–Crippen LogP) is 3.52. The first-order chi connectivity index (χ1) is 13.2. The lowest BCUT2D eigenvalue weighted by Crippen LogP contribution is -2.46. The van der Waals surface area contributed by atoms with Crippen LogP contribution in [0.15, 0.2) is 36.7 Å². The quantitative estimate of drug-likeness (QED) is 0.782. The van der Waals surface area contributed by atoms with Crippen molar-refractivity contribution in [1.29, 1.82) is 0 Å². The number of hydrogen-bond donors (Lipinski definition) is 2. The highest BCUT2D eigenvalue weighted by atomic mass is 19.4. The molecule has 0 spiro atoms. The molecule has 1 aliphatic carbocycles. The van der Waals surface area contributed by atoms with Crippen LogP contribution in [0.25, 0.3) is 0 Å². The number of aliphatic hydroxyl groups is 1. The molecule has 1 saturated carbocycles. The third-order valence-corrected chi connectivity index (χ3v) is 4.80. The molecular formula is C19H22F3N3O3. The number of amides is 1. The van der Waals surface area contributed by atoms with Gasteiger partial charge in [0.15, 0.2) is 5.82 Å². The van der Waals surface area contributed by atoms with Gasteiger partial charge in [-0.1, -0.05) is 6.07 Å². The molecule has 2 aromatic rings. The zero-order valence-corrected chi connectivity index (χ0v) is 15.4. The fourth-order valence-electron chi connectivity index (χ4n) is 3.35. The van der Waals surface area contributed by atoms with Crippen LogP contribution in [0.1, 0.15) is 37.9 Å². The first-order valence-electron chi connectivity index (χ1n) is 9.02. The Bertz CT molecular complexity index is 831. The second kappa shape index (κ2) is 7.83. The monoisotopic (exact) mass is 397 g/mol. The van der Waals surface area contributed by atoms with Crippen molar-refractivity contribution in [2.24, 2.45) is 7.05 Å². The van der Waals surface area contributed by atoms with Crippen molar-refractivity contribution >= 4 is 11.6 Å². The molecule has 1 aliphatic rings. The summed E-state index contributed by atoms with van der Waals surface area (Å²) in [5.74, 6) is -1.09. The van der Waals surface area contributed by atoms with Gasteiger partial charge in [0.1, 0.15) is 5.75 Å². The highest BCUT2D eigenvalue weighted by molar-refractivity contribution is 5.91. The van der Waals surface area contributed by atoms with E-state index in [0.717, 1.165) is 36.4 Å². The molecule has 1 heterocycles. The molecule has 152 valence electrons. The minimum Gasteiger partial charge on any atom is -0.490 e. The van der Waals surface area contributed by atoms with Crippen molar-refractivity contribution in [3.8, 4) is 5.75 Å². The van der Waals surface area contributed by atoms with Gasteiger partial charge in [-0.15, -0.1) is 0 Å². The van der Waals surface area contributed by atoms with Gasteiger partial charge in [-0.25, -0.2) is 4.98 Å². The Kier molecular flexibility index (Phi) is 5.64. The average molecular weight is 397 g/mol. The summed E-state index contributed by atoms with van der Waals surface area (Å²) in [5, 5.41) is 12.7. The highest BCUT2D eigenvalue weighted by Gasteiger charge is 2.58. The SMILES string of the molecule is Cn1ccnc1C(O)(CC(=O)Nc1cccc(OC2CCCC2)c1)C(F)(F)F. The van der Waals surface area contributed by atoms with E-state index in [4.69, 9.17) is 4.74 Å². The lowest BCUT2D eigenvalue weighted by atomic mass is 9.97. The van der Waals surface area contributed by atoms with E-state index in [1.807, 2.05) is 0 Å². The molecule has 2 N–H and O–H groups in total. The van der Waals surface area contributed by atoms with Gasteiger partial charge >= 0.3 is 6.18 Å². The summed E-state index contributed by atoms with van der Waals surface area (Å²) in [4.78, 5) is 15.9. The molecule has 0 saturated heterocycles. The van der Waals surface area contributed by atoms with Gasteiger partial charge in [-0.3, -0.25) is 4.79 Å². The molecule has 1 unspecified atom stereocenters. The van der Waals surface area contributed by atoms with Crippen LogP contribution >= 0.6 is 0 Å². The van der Waals surface area contributed by atoms with Gasteiger partial charge in [-0.2, -0.15) is 13.2 Å². The molecule has 1 aromatic heterocycles. The van der Waals surface area contributed by atoms with Crippen molar-refractivity contribution in [2.75, 3.05) is 5.32 Å². The number of aromatic nitrogens is 2. The highest BCUT2D eigenvalue weighted by Crippen LogP contribution is 2.41. The number of anilines is 1. The molecule has 0 aliphatic heterocycles. The predicted molar refractivity (Wildman–Crippen MR) is 95.7 cm³/mol. The number of benzene rings is 1. The number of halogens is 3. The van der Waals surface area contributed by atoms with Crippen molar-refractivity contribution in [3.05, 3.63) is 42.5 Å². The van der Waals surface area contributed by atoms with E-state index in [2.05, 4.69) is 10.3 Å². The molecule has 28 heavy (non-hydrogen) atoms. The number of imidazole rings is 1. The van der Waals surface area contributed by atoms with E-state index < -0.39 is 29.9 Å². The van der Waals surface area contributed by atoms with Crippen LogP contribution in [0.4, 0.5) is 18.9 Å². The molecular weight excluding hydrogens is 375 g/mol. The number of alkyl halides is 3. The summed E-state index contributed by atoms with van der Waals surface area (Å²) in [6.07, 6.45) is 0.351. The Morgan fingerprint density at radius 1 is 1.36 bits per heavy atom. The summed E-state index contributed by atoms with van der Waals surface area (Å²) in [5.41, 5.74) is -3.10. The topological polar surface area (TPSA) is 76.4 Å². The first-order valence-corrected chi connectivity index (χ1v) is 9.02. The first kappa shape index (κ1) is 20.2. The Hall–Kier alpha value is -2.55. The maximum Gasteiger partial charge on any atom is 0.425 e. The van der Waals surface area contributed by atoms with Gasteiger partial charge in [0.25, 0.3) is 0 Å². The largest absolute Gasteiger partial charge is 0.490 e. The van der Waals surface area contributed by atoms with Crippen LogP contribution in [0.5, 0.6) is 5.75 Å². The summed E-state index contributed by atoms with van der Waals surface area (Å²) in [6, 6.07) is 6.49. The van der Waals surface area contributed by atoms with E-state index in [1.54, 1.807) is 24.3 Å². The summed E-state index contributed by atoms with van der Waals surface area (Å²) in [6.45, 7) is 0. The Labute approximate surface area is 160 Å². The summed E-state index contributed by atoms with van der Waals surface area (Å²) >= 11 is 0. The van der Waals surface area contributed by atoms with E-state index >= 15 is 0 Å². The van der Waals surface area contributed by atoms with Crippen LogP contribution < -0.4 is 10.1 Å². The van der Waals surface area contributed by atoms with E-state index in [9.17, 15) is 23.1 Å². The van der Waals surface area contributed by atoms with Gasteiger partial charge in [-0.05, 0) is 37.8 Å². The van der Waals surface area contributed by atoms with Crippen molar-refractivity contribution in [2.45, 2.75) is 50.0 Å². The molecule has 0 bridgehead atoms. The van der Waals surface area contributed by atoms with Crippen LogP contribution in [0, 0.1) is 0 Å². The molecule has 1 amide bonds. The van der Waals surface area contributed by atoms with Crippen molar-refractivity contribution < 1.29 is 27.8 Å². The Balaban J connectivity index is 1.72. The Morgan fingerprint density at radius 2 is 2.07 bits per heavy atom. The fraction of sp³-hybridized carbons (Fsp3) is 0.474. The maximum atomic E-state index is 13.5. The summed E-state index contributed by atoms with van der Waals surface area (Å²) in [7, 11) is 1.32. The smallest absolute Gasteiger partial charge is 0.425 e. The second-order valence-corrected chi connectivity index (χ2v) is 7.00. The van der Waals surface area contributed by atoms with Crippen LogP contribution in [0.3, 0.4) is 0 Å². The Morgan fingerprint density at radius 3 is 2.68 bits per heavy atom. The molecule has 6 nitrogen and oxygen atoms in total. The van der Waals surface area contributed by atoms with Gasteiger partial charge in [0.2, 0.25) is 11.5 Å². The normalized spacial score (nSPS) is 17.3. The van der Waals surface area contributed by atoms with Gasteiger partial charge in [0.05, 0.1) is 12.5 Å². The molecule has 1 aromatic carbocycles. The molecule has 3 rings (SSSR count). The van der Waals surface area contributed by atoms with Gasteiger partial charge < -0.3 is 19.7 Å². The number of hydrogen-bond acceptors (Lipinski definition) is 4. The third kappa shape index (κ3) is 4.30. The standard InChI is InChI=1S/C19H22F3N3O3/c1-25-10-9-23-17(25)18(27,19(20,21)22)12-16(26)24-13-5-4-8-15(11-13)28-14-6-2-3-7-14/h4-5,8-11,14,27H,2-3,6-7,12H2,1H3,(H,24,26). The van der Waals surface area contributed by atoms with Gasteiger partial charge in [0, 0.05) is 31.2 Å². The maximum absolute atomic E-state index is 13.5. The molecule has 1 atom stereocenters. The zero-order valence-electron chi connectivity index (χ0n) is 15.4. The van der Waals surface area contributed by atoms with E-state index in [1.165, 1.54) is 13.2 Å². The number of nitrogens with one attached hydrogen (secondary N) is 1. The van der Waals surface area contributed by atoms with Crippen LogP contribution in [-0.4, -0.2) is 32.8 Å². The molecule has 9 heteroatoms. The number of carbonyl (C=O) groups is 1.